The van der Waals surface area contributed by atoms with Gasteiger partial charge in [-0.3, -0.25) is 14.3 Å². The second-order valence-corrected chi connectivity index (χ2v) is 9.08. The largest absolute Gasteiger partial charge is 0.325 e. The number of carbonyl (C=O) groups is 1. The van der Waals surface area contributed by atoms with Crippen LogP contribution in [0.2, 0.25) is 10.0 Å². The molecule has 2 aromatic carbocycles. The van der Waals surface area contributed by atoms with Crippen molar-refractivity contribution in [3.05, 3.63) is 81.5 Å². The lowest BCUT2D eigenvalue weighted by atomic mass is 10.2. The Bertz CT molecular complexity index is 1200. The van der Waals surface area contributed by atoms with Crippen molar-refractivity contribution in [2.24, 2.45) is 0 Å². The van der Waals surface area contributed by atoms with Crippen LogP contribution in [0.15, 0.2) is 76.6 Å². The van der Waals surface area contributed by atoms with E-state index in [9.17, 15) is 4.79 Å². The first kappa shape index (κ1) is 21.8. The lowest BCUT2D eigenvalue weighted by Gasteiger charge is -2.11. The Kier molecular flexibility index (Phi) is 6.92. The van der Waals surface area contributed by atoms with Crippen molar-refractivity contribution in [3.63, 3.8) is 0 Å². The average molecular weight is 535 g/mol. The Morgan fingerprint density at radius 1 is 1.00 bits per heavy atom. The topological polar surface area (TPSA) is 72.7 Å². The molecule has 0 radical (unpaired) electrons. The van der Waals surface area contributed by atoms with Crippen LogP contribution < -0.4 is 5.32 Å². The van der Waals surface area contributed by atoms with Gasteiger partial charge in [-0.05, 0) is 54.6 Å². The molecule has 0 atom stereocenters. The standard InChI is InChI=1S/C21H14BrCl2N5OS/c22-14-1-3-18(4-2-14)29-20(13-5-7-25-8-6-13)27-28-21(29)31-12-19(30)26-17-10-15(23)9-16(24)11-17/h1-11H,12H2,(H,26,30). The van der Waals surface area contributed by atoms with Crippen molar-refractivity contribution in [3.8, 4) is 17.1 Å². The number of carbonyl (C=O) groups excluding carboxylic acids is 1. The first-order chi connectivity index (χ1) is 15.0. The number of nitrogens with one attached hydrogen (secondary N) is 1. The van der Waals surface area contributed by atoms with Gasteiger partial charge in [-0.1, -0.05) is 50.9 Å². The zero-order valence-electron chi connectivity index (χ0n) is 15.8. The van der Waals surface area contributed by atoms with Gasteiger partial charge in [0.05, 0.1) is 5.75 Å². The number of pyridine rings is 1. The summed E-state index contributed by atoms with van der Waals surface area (Å²) < 4.78 is 2.87. The van der Waals surface area contributed by atoms with Crippen LogP contribution in [0.3, 0.4) is 0 Å². The van der Waals surface area contributed by atoms with Crippen LogP contribution in [0, 0.1) is 0 Å². The summed E-state index contributed by atoms with van der Waals surface area (Å²) in [5.41, 5.74) is 2.29. The molecule has 0 saturated heterocycles. The van der Waals surface area contributed by atoms with Crippen molar-refractivity contribution in [1.29, 1.82) is 0 Å². The van der Waals surface area contributed by atoms with Gasteiger partial charge in [0.2, 0.25) is 5.91 Å². The molecule has 0 aliphatic rings. The number of amides is 1. The van der Waals surface area contributed by atoms with Gasteiger partial charge in [0.1, 0.15) is 0 Å². The van der Waals surface area contributed by atoms with Crippen molar-refractivity contribution >= 4 is 62.5 Å². The van der Waals surface area contributed by atoms with Crippen molar-refractivity contribution in [1.82, 2.24) is 19.7 Å². The molecule has 2 heterocycles. The quantitative estimate of drug-likeness (QED) is 0.301. The molecule has 0 fully saturated rings. The highest BCUT2D eigenvalue weighted by atomic mass is 79.9. The Balaban J connectivity index is 1.58. The van der Waals surface area contributed by atoms with E-state index in [2.05, 4.69) is 36.4 Å². The van der Waals surface area contributed by atoms with Gasteiger partial charge >= 0.3 is 0 Å². The highest BCUT2D eigenvalue weighted by Gasteiger charge is 2.17. The summed E-state index contributed by atoms with van der Waals surface area (Å²) in [6.07, 6.45) is 3.40. The second kappa shape index (κ2) is 9.82. The van der Waals surface area contributed by atoms with Gasteiger partial charge in [-0.2, -0.15) is 0 Å². The molecule has 1 N–H and O–H groups in total. The second-order valence-electron chi connectivity index (χ2n) is 6.35. The smallest absolute Gasteiger partial charge is 0.234 e. The first-order valence-electron chi connectivity index (χ1n) is 9.00. The monoisotopic (exact) mass is 533 g/mol. The van der Waals surface area contributed by atoms with Gasteiger partial charge in [-0.15, -0.1) is 10.2 Å². The van der Waals surface area contributed by atoms with Crippen LogP contribution in [0.5, 0.6) is 0 Å². The van der Waals surface area contributed by atoms with Crippen molar-refractivity contribution in [2.45, 2.75) is 5.16 Å². The van der Waals surface area contributed by atoms with E-state index in [1.54, 1.807) is 30.6 Å². The molecule has 0 bridgehead atoms. The minimum absolute atomic E-state index is 0.134. The molecule has 0 unspecified atom stereocenters. The average Bonchev–Trinajstić information content (AvgIpc) is 3.17. The van der Waals surface area contributed by atoms with Crippen LogP contribution in [0.25, 0.3) is 17.1 Å². The molecule has 2 aromatic heterocycles. The number of thioether (sulfide) groups is 1. The van der Waals surface area contributed by atoms with E-state index in [1.807, 2.05) is 41.0 Å². The summed E-state index contributed by atoms with van der Waals surface area (Å²) >= 11 is 16.7. The fraction of sp³-hybridized carbons (Fsp3) is 0.0476. The summed E-state index contributed by atoms with van der Waals surface area (Å²) in [6, 6.07) is 16.4. The highest BCUT2D eigenvalue weighted by Crippen LogP contribution is 2.29. The minimum atomic E-state index is -0.209. The molecule has 6 nitrogen and oxygen atoms in total. The molecule has 0 aliphatic carbocycles. The van der Waals surface area contributed by atoms with E-state index in [-0.39, 0.29) is 11.7 Å². The molecule has 0 aliphatic heterocycles. The summed E-state index contributed by atoms with van der Waals surface area (Å²) in [4.78, 5) is 16.6. The number of anilines is 1. The third kappa shape index (κ3) is 5.46. The molecular weight excluding hydrogens is 521 g/mol. The van der Waals surface area contributed by atoms with Crippen LogP contribution >= 0.6 is 50.9 Å². The highest BCUT2D eigenvalue weighted by molar-refractivity contribution is 9.10. The number of benzene rings is 2. The molecule has 31 heavy (non-hydrogen) atoms. The number of hydrogen-bond acceptors (Lipinski definition) is 5. The zero-order valence-corrected chi connectivity index (χ0v) is 19.7. The number of rotatable bonds is 6. The predicted octanol–water partition coefficient (Wildman–Crippen LogP) is 6.13. The third-order valence-electron chi connectivity index (χ3n) is 4.14. The molecule has 4 rings (SSSR count). The van der Waals surface area contributed by atoms with E-state index in [1.165, 1.54) is 11.8 Å². The summed E-state index contributed by atoms with van der Waals surface area (Å²) in [5.74, 6) is 0.586. The molecule has 10 heteroatoms. The zero-order chi connectivity index (χ0) is 21.8. The molecule has 0 spiro atoms. The SMILES string of the molecule is O=C(CSc1nnc(-c2ccncc2)n1-c1ccc(Br)cc1)Nc1cc(Cl)cc(Cl)c1. The van der Waals surface area contributed by atoms with Gasteiger partial charge in [0, 0.05) is 43.8 Å². The summed E-state index contributed by atoms with van der Waals surface area (Å²) in [7, 11) is 0. The maximum Gasteiger partial charge on any atom is 0.234 e. The third-order valence-corrected chi connectivity index (χ3v) is 6.03. The summed E-state index contributed by atoms with van der Waals surface area (Å²) in [6.45, 7) is 0. The number of nitrogens with zero attached hydrogens (tertiary/aromatic N) is 4. The Morgan fingerprint density at radius 3 is 2.35 bits per heavy atom. The van der Waals surface area contributed by atoms with E-state index < -0.39 is 0 Å². The van der Waals surface area contributed by atoms with Crippen LogP contribution in [-0.4, -0.2) is 31.4 Å². The maximum atomic E-state index is 12.5. The van der Waals surface area contributed by atoms with Crippen LogP contribution in [-0.2, 0) is 4.79 Å². The van der Waals surface area contributed by atoms with Crippen LogP contribution in [0.4, 0.5) is 5.69 Å². The van der Waals surface area contributed by atoms with Crippen LogP contribution in [0.1, 0.15) is 0 Å². The lowest BCUT2D eigenvalue weighted by molar-refractivity contribution is -0.113. The Labute approximate surface area is 201 Å². The van der Waals surface area contributed by atoms with E-state index >= 15 is 0 Å². The van der Waals surface area contributed by atoms with E-state index in [0.717, 1.165) is 15.7 Å². The van der Waals surface area contributed by atoms with Gasteiger partial charge in [0.25, 0.3) is 0 Å². The van der Waals surface area contributed by atoms with Gasteiger partial charge < -0.3 is 5.32 Å². The van der Waals surface area contributed by atoms with Crippen molar-refractivity contribution < 1.29 is 4.79 Å². The normalized spacial score (nSPS) is 10.8. The van der Waals surface area contributed by atoms with E-state index in [0.29, 0.717) is 26.7 Å². The van der Waals surface area contributed by atoms with Gasteiger partial charge in [0.15, 0.2) is 11.0 Å². The fourth-order valence-corrected chi connectivity index (χ4v) is 4.37. The minimum Gasteiger partial charge on any atom is -0.325 e. The number of halogens is 3. The lowest BCUT2D eigenvalue weighted by Crippen LogP contribution is -2.14. The first-order valence-corrected chi connectivity index (χ1v) is 11.5. The molecule has 1 amide bonds. The predicted molar refractivity (Wildman–Crippen MR) is 128 cm³/mol. The fourth-order valence-electron chi connectivity index (χ4n) is 2.83. The molecule has 4 aromatic rings. The Morgan fingerprint density at radius 2 is 1.68 bits per heavy atom. The van der Waals surface area contributed by atoms with E-state index in [4.69, 9.17) is 23.2 Å². The summed E-state index contributed by atoms with van der Waals surface area (Å²) in [5, 5.41) is 13.0. The molecule has 156 valence electrons. The van der Waals surface area contributed by atoms with Crippen molar-refractivity contribution in [2.75, 3.05) is 11.1 Å². The molecule has 0 saturated carbocycles. The maximum absolute atomic E-state index is 12.5. The number of hydrogen-bond donors (Lipinski definition) is 1. The Hall–Kier alpha value is -2.39. The number of aromatic nitrogens is 4. The molecular formula is C21H14BrCl2N5OS. The van der Waals surface area contributed by atoms with Gasteiger partial charge in [-0.25, -0.2) is 0 Å².